The Bertz CT molecular complexity index is 566. The van der Waals surface area contributed by atoms with Gasteiger partial charge in [-0.1, -0.05) is 0 Å². The van der Waals surface area contributed by atoms with Crippen LogP contribution < -0.4 is 10.6 Å². The van der Waals surface area contributed by atoms with Crippen LogP contribution in [0.4, 0.5) is 11.4 Å². The molecule has 3 N–H and O–H groups in total. The summed E-state index contributed by atoms with van der Waals surface area (Å²) in [6.45, 7) is 0. The van der Waals surface area contributed by atoms with Crippen LogP contribution in [0.5, 0.6) is 5.75 Å². The number of halogens is 1. The van der Waals surface area contributed by atoms with Gasteiger partial charge < -0.3 is 15.7 Å². The average Bonchev–Trinajstić information content (AvgIpc) is 2.44. The SMILES string of the molecule is O=C(Nc1ccc(O)cc1)C(=O)Nc1ccc(I)cc1. The molecule has 0 aliphatic carbocycles. The molecule has 0 heterocycles. The standard InChI is InChI=1S/C14H11IN2O3/c15-9-1-3-10(4-2-9)16-13(19)14(20)17-11-5-7-12(18)8-6-11/h1-8,18H,(H,16,19)(H,17,20). The first-order chi connectivity index (χ1) is 9.54. The van der Waals surface area contributed by atoms with E-state index in [1.807, 2.05) is 12.1 Å². The number of carbonyl (C=O) groups is 2. The lowest BCUT2D eigenvalue weighted by Crippen LogP contribution is -2.29. The molecule has 0 saturated heterocycles. The number of amides is 2. The number of rotatable bonds is 2. The fraction of sp³-hybridized carbons (Fsp3) is 0. The smallest absolute Gasteiger partial charge is 0.314 e. The molecular weight excluding hydrogens is 371 g/mol. The van der Waals surface area contributed by atoms with E-state index in [1.54, 1.807) is 12.1 Å². The van der Waals surface area contributed by atoms with E-state index in [0.717, 1.165) is 3.57 Å². The first kappa shape index (κ1) is 14.3. The second-order valence-electron chi connectivity index (χ2n) is 3.96. The Balaban J connectivity index is 1.96. The van der Waals surface area contributed by atoms with Gasteiger partial charge in [-0.2, -0.15) is 0 Å². The molecule has 0 saturated carbocycles. The van der Waals surface area contributed by atoms with E-state index in [2.05, 4.69) is 33.2 Å². The van der Waals surface area contributed by atoms with Crippen molar-refractivity contribution in [2.75, 3.05) is 10.6 Å². The molecule has 2 rings (SSSR count). The van der Waals surface area contributed by atoms with Crippen molar-refractivity contribution in [1.82, 2.24) is 0 Å². The Morgan fingerprint density at radius 2 is 1.20 bits per heavy atom. The number of carbonyl (C=O) groups excluding carboxylic acids is 2. The van der Waals surface area contributed by atoms with Gasteiger partial charge in [-0.05, 0) is 71.1 Å². The number of aromatic hydroxyl groups is 1. The van der Waals surface area contributed by atoms with E-state index < -0.39 is 11.8 Å². The van der Waals surface area contributed by atoms with Crippen LogP contribution in [0.15, 0.2) is 48.5 Å². The highest BCUT2D eigenvalue weighted by Crippen LogP contribution is 2.14. The maximum atomic E-state index is 11.7. The highest BCUT2D eigenvalue weighted by molar-refractivity contribution is 14.1. The predicted octanol–water partition coefficient (Wildman–Crippen LogP) is 2.57. The van der Waals surface area contributed by atoms with Crippen LogP contribution in [0.25, 0.3) is 0 Å². The fourth-order valence-electron chi connectivity index (χ4n) is 1.45. The molecule has 0 radical (unpaired) electrons. The summed E-state index contributed by atoms with van der Waals surface area (Å²) in [6, 6.07) is 12.9. The Hall–Kier alpha value is -2.09. The summed E-state index contributed by atoms with van der Waals surface area (Å²) in [5.74, 6) is -1.43. The lowest BCUT2D eigenvalue weighted by atomic mass is 10.3. The number of benzene rings is 2. The van der Waals surface area contributed by atoms with Crippen molar-refractivity contribution in [3.63, 3.8) is 0 Å². The highest BCUT2D eigenvalue weighted by Gasteiger charge is 2.13. The molecule has 20 heavy (non-hydrogen) atoms. The maximum absolute atomic E-state index is 11.7. The monoisotopic (exact) mass is 382 g/mol. The van der Waals surface area contributed by atoms with Gasteiger partial charge >= 0.3 is 11.8 Å². The zero-order valence-corrected chi connectivity index (χ0v) is 12.4. The lowest BCUT2D eigenvalue weighted by Gasteiger charge is -2.06. The van der Waals surface area contributed by atoms with Crippen molar-refractivity contribution in [2.24, 2.45) is 0 Å². The van der Waals surface area contributed by atoms with Crippen LogP contribution in [0, 0.1) is 3.57 Å². The molecule has 2 aromatic rings. The molecule has 6 heteroatoms. The third kappa shape index (κ3) is 3.95. The van der Waals surface area contributed by atoms with Crippen molar-refractivity contribution < 1.29 is 14.7 Å². The third-order valence-electron chi connectivity index (χ3n) is 2.43. The summed E-state index contributed by atoms with van der Waals surface area (Å²) in [5.41, 5.74) is 0.988. The number of phenolic OH excluding ortho intramolecular Hbond substituents is 1. The third-order valence-corrected chi connectivity index (χ3v) is 3.15. The Labute approximate surface area is 129 Å². The van der Waals surface area contributed by atoms with Gasteiger partial charge in [0.05, 0.1) is 0 Å². The molecule has 0 aliphatic heterocycles. The second-order valence-corrected chi connectivity index (χ2v) is 5.21. The molecule has 0 atom stereocenters. The zero-order valence-electron chi connectivity index (χ0n) is 10.3. The van der Waals surface area contributed by atoms with Crippen LogP contribution in [0.1, 0.15) is 0 Å². The van der Waals surface area contributed by atoms with Crippen molar-refractivity contribution in [2.45, 2.75) is 0 Å². The molecule has 2 aromatic carbocycles. The quantitative estimate of drug-likeness (QED) is 0.425. The summed E-state index contributed by atoms with van der Waals surface area (Å²) in [7, 11) is 0. The minimum Gasteiger partial charge on any atom is -0.508 e. The van der Waals surface area contributed by atoms with E-state index in [4.69, 9.17) is 5.11 Å². The summed E-state index contributed by atoms with van der Waals surface area (Å²) in [4.78, 5) is 23.4. The number of nitrogens with one attached hydrogen (secondary N) is 2. The van der Waals surface area contributed by atoms with Gasteiger partial charge in [-0.15, -0.1) is 0 Å². The van der Waals surface area contributed by atoms with Crippen molar-refractivity contribution >= 4 is 45.8 Å². The van der Waals surface area contributed by atoms with E-state index in [-0.39, 0.29) is 5.75 Å². The van der Waals surface area contributed by atoms with Gasteiger partial charge in [-0.25, -0.2) is 0 Å². The summed E-state index contributed by atoms with van der Waals surface area (Å²) in [5, 5.41) is 14.1. The van der Waals surface area contributed by atoms with E-state index in [1.165, 1.54) is 24.3 Å². The zero-order chi connectivity index (χ0) is 14.5. The minimum absolute atomic E-state index is 0.0892. The first-order valence-corrected chi connectivity index (χ1v) is 6.79. The van der Waals surface area contributed by atoms with Crippen molar-refractivity contribution in [3.8, 4) is 5.75 Å². The number of anilines is 2. The topological polar surface area (TPSA) is 78.4 Å². The molecule has 0 unspecified atom stereocenters. The van der Waals surface area contributed by atoms with Gasteiger partial charge in [0.1, 0.15) is 5.75 Å². The van der Waals surface area contributed by atoms with Crippen LogP contribution >= 0.6 is 22.6 Å². The van der Waals surface area contributed by atoms with Gasteiger partial charge in [0.25, 0.3) is 0 Å². The lowest BCUT2D eigenvalue weighted by molar-refractivity contribution is -0.132. The molecule has 0 spiro atoms. The Morgan fingerprint density at radius 3 is 1.65 bits per heavy atom. The molecule has 102 valence electrons. The second kappa shape index (κ2) is 6.38. The Kier molecular flexibility index (Phi) is 4.57. The van der Waals surface area contributed by atoms with Crippen LogP contribution in [-0.4, -0.2) is 16.9 Å². The molecule has 0 fully saturated rings. The van der Waals surface area contributed by atoms with Crippen LogP contribution in [-0.2, 0) is 9.59 Å². The highest BCUT2D eigenvalue weighted by atomic mass is 127. The molecule has 0 aromatic heterocycles. The van der Waals surface area contributed by atoms with Crippen molar-refractivity contribution in [3.05, 3.63) is 52.1 Å². The molecule has 5 nitrogen and oxygen atoms in total. The largest absolute Gasteiger partial charge is 0.508 e. The number of hydrogen-bond donors (Lipinski definition) is 3. The van der Waals surface area contributed by atoms with E-state index in [0.29, 0.717) is 11.4 Å². The van der Waals surface area contributed by atoms with Gasteiger partial charge in [-0.3, -0.25) is 9.59 Å². The van der Waals surface area contributed by atoms with Gasteiger partial charge in [0.2, 0.25) is 0 Å². The number of phenols is 1. The first-order valence-electron chi connectivity index (χ1n) is 5.71. The number of hydrogen-bond acceptors (Lipinski definition) is 3. The normalized spacial score (nSPS) is 9.85. The van der Waals surface area contributed by atoms with E-state index >= 15 is 0 Å². The summed E-state index contributed by atoms with van der Waals surface area (Å²) < 4.78 is 1.04. The summed E-state index contributed by atoms with van der Waals surface area (Å²) in [6.07, 6.45) is 0. The molecule has 2 amide bonds. The predicted molar refractivity (Wildman–Crippen MR) is 84.5 cm³/mol. The maximum Gasteiger partial charge on any atom is 0.314 e. The summed E-state index contributed by atoms with van der Waals surface area (Å²) >= 11 is 2.15. The Morgan fingerprint density at radius 1 is 0.800 bits per heavy atom. The average molecular weight is 382 g/mol. The molecule has 0 aliphatic rings. The van der Waals surface area contributed by atoms with Crippen LogP contribution in [0.2, 0.25) is 0 Å². The van der Waals surface area contributed by atoms with Crippen molar-refractivity contribution in [1.29, 1.82) is 0 Å². The van der Waals surface area contributed by atoms with Gasteiger partial charge in [0, 0.05) is 14.9 Å². The van der Waals surface area contributed by atoms with E-state index in [9.17, 15) is 9.59 Å². The van der Waals surface area contributed by atoms with Crippen LogP contribution in [0.3, 0.4) is 0 Å². The minimum atomic E-state index is -0.769. The van der Waals surface area contributed by atoms with Gasteiger partial charge in [0.15, 0.2) is 0 Å². The molecule has 0 bridgehead atoms. The fourth-order valence-corrected chi connectivity index (χ4v) is 1.81. The molecular formula is C14H11IN2O3.